The number of amides is 3. The summed E-state index contributed by atoms with van der Waals surface area (Å²) in [7, 11) is 0. The maximum absolute atomic E-state index is 12.5. The van der Waals surface area contributed by atoms with Crippen LogP contribution in [-0.2, 0) is 9.53 Å². The fraction of sp³-hybridized carbons (Fsp3) is 0.269. The predicted molar refractivity (Wildman–Crippen MR) is 132 cm³/mol. The number of aliphatic hydroxyl groups excluding tert-OH is 1. The number of aliphatic hydroxyl groups is 1. The van der Waals surface area contributed by atoms with Crippen molar-refractivity contribution in [2.24, 2.45) is 0 Å². The number of nitrogens with zero attached hydrogens (tertiary/aromatic N) is 1. The number of carbonyl (C=O) groups excluding carboxylic acids is 2. The monoisotopic (exact) mass is 476 g/mol. The quantitative estimate of drug-likeness (QED) is 0.385. The normalized spacial score (nSPS) is 19.2. The Morgan fingerprint density at radius 1 is 0.971 bits per heavy atom. The van der Waals surface area contributed by atoms with E-state index in [1.165, 1.54) is 0 Å². The second kappa shape index (κ2) is 11.0. The highest BCUT2D eigenvalue weighted by atomic mass is 16.5. The number of ether oxygens (including phenoxy) is 1. The van der Waals surface area contributed by atoms with Crippen molar-refractivity contribution < 1.29 is 24.0 Å². The summed E-state index contributed by atoms with van der Waals surface area (Å²) in [6.45, 7) is 3.10. The molecule has 0 fully saturated rings. The van der Waals surface area contributed by atoms with E-state index in [0.717, 1.165) is 11.1 Å². The molecule has 4 N–H and O–H groups in total. The van der Waals surface area contributed by atoms with Gasteiger partial charge in [-0.3, -0.25) is 4.79 Å². The van der Waals surface area contributed by atoms with E-state index in [4.69, 9.17) is 9.26 Å². The van der Waals surface area contributed by atoms with Crippen LogP contribution in [0.15, 0.2) is 71.3 Å². The van der Waals surface area contributed by atoms with Crippen LogP contribution in [-0.4, -0.2) is 47.1 Å². The Morgan fingerprint density at radius 2 is 1.69 bits per heavy atom. The van der Waals surface area contributed by atoms with Gasteiger partial charge in [-0.05, 0) is 37.1 Å². The minimum Gasteiger partial charge on any atom is -0.394 e. The third-order valence-electron chi connectivity index (χ3n) is 5.70. The Hall–Kier alpha value is -3.95. The Labute approximate surface area is 203 Å². The molecule has 35 heavy (non-hydrogen) atoms. The van der Waals surface area contributed by atoms with Gasteiger partial charge in [0.05, 0.1) is 25.2 Å². The number of hydrogen-bond donors (Lipinski definition) is 4. The third-order valence-corrected chi connectivity index (χ3v) is 5.70. The van der Waals surface area contributed by atoms with E-state index in [9.17, 15) is 14.7 Å². The van der Waals surface area contributed by atoms with Gasteiger partial charge in [-0.15, -0.1) is 0 Å². The van der Waals surface area contributed by atoms with Crippen LogP contribution in [0.3, 0.4) is 0 Å². The molecule has 0 saturated carbocycles. The number of aryl methyl sites for hydroxylation is 2. The van der Waals surface area contributed by atoms with E-state index in [-0.39, 0.29) is 18.9 Å². The first-order valence-corrected chi connectivity index (χ1v) is 11.3. The van der Waals surface area contributed by atoms with Crippen LogP contribution in [0.2, 0.25) is 0 Å². The molecule has 1 aromatic heterocycles. The van der Waals surface area contributed by atoms with Crippen LogP contribution in [0.25, 0.3) is 11.1 Å². The number of hydrogen-bond acceptors (Lipinski definition) is 6. The second-order valence-corrected chi connectivity index (χ2v) is 8.30. The Kier molecular flexibility index (Phi) is 7.59. The van der Waals surface area contributed by atoms with E-state index in [2.05, 4.69) is 21.1 Å². The molecule has 0 spiro atoms. The van der Waals surface area contributed by atoms with Gasteiger partial charge in [0.2, 0.25) is 5.91 Å². The van der Waals surface area contributed by atoms with Crippen molar-refractivity contribution in [3.05, 3.63) is 78.2 Å². The molecule has 3 amide bonds. The molecular weight excluding hydrogens is 448 g/mol. The summed E-state index contributed by atoms with van der Waals surface area (Å²) in [5.41, 5.74) is 3.90. The standard InChI is InChI=1S/C26H28N4O5/c1-16-25(17(2)35-30-16)29-26(33)28-22-13-12-21(34-23(22)15-31)14-24(32)27-20-10-8-19(9-11-20)18-6-4-3-5-7-18/h3-13,21-23,31H,14-15H2,1-2H3,(H,27,32)(H2,28,29,33)/t21-,22-,23+/m1/s1. The largest absolute Gasteiger partial charge is 0.394 e. The van der Waals surface area contributed by atoms with Crippen molar-refractivity contribution in [2.75, 3.05) is 17.2 Å². The molecular formula is C26H28N4O5. The van der Waals surface area contributed by atoms with Crippen molar-refractivity contribution in [3.63, 3.8) is 0 Å². The lowest BCUT2D eigenvalue weighted by atomic mass is 10.0. The Morgan fingerprint density at radius 3 is 2.34 bits per heavy atom. The summed E-state index contributed by atoms with van der Waals surface area (Å²) < 4.78 is 10.9. The number of anilines is 2. The lowest BCUT2D eigenvalue weighted by molar-refractivity contribution is -0.120. The van der Waals surface area contributed by atoms with E-state index in [1.807, 2.05) is 54.6 Å². The number of benzene rings is 2. The molecule has 2 heterocycles. The zero-order valence-corrected chi connectivity index (χ0v) is 19.5. The second-order valence-electron chi connectivity index (χ2n) is 8.30. The van der Waals surface area contributed by atoms with Crippen molar-refractivity contribution in [2.45, 2.75) is 38.5 Å². The van der Waals surface area contributed by atoms with Crippen LogP contribution >= 0.6 is 0 Å². The van der Waals surface area contributed by atoms with Gasteiger partial charge in [0, 0.05) is 5.69 Å². The van der Waals surface area contributed by atoms with Gasteiger partial charge in [0.1, 0.15) is 17.5 Å². The van der Waals surface area contributed by atoms with E-state index in [0.29, 0.717) is 22.8 Å². The van der Waals surface area contributed by atoms with Gasteiger partial charge in [0.15, 0.2) is 5.76 Å². The highest BCUT2D eigenvalue weighted by Gasteiger charge is 2.29. The lowest BCUT2D eigenvalue weighted by Gasteiger charge is -2.31. The first kappa shape index (κ1) is 24.2. The molecule has 182 valence electrons. The molecule has 0 unspecified atom stereocenters. The smallest absolute Gasteiger partial charge is 0.319 e. The van der Waals surface area contributed by atoms with Gasteiger partial charge in [-0.25, -0.2) is 4.79 Å². The lowest BCUT2D eigenvalue weighted by Crippen LogP contribution is -2.50. The summed E-state index contributed by atoms with van der Waals surface area (Å²) in [6, 6.07) is 16.5. The average Bonchev–Trinajstić information content (AvgIpc) is 3.18. The number of carbonyl (C=O) groups is 2. The van der Waals surface area contributed by atoms with Gasteiger partial charge in [-0.1, -0.05) is 59.8 Å². The van der Waals surface area contributed by atoms with Crippen molar-refractivity contribution in [1.29, 1.82) is 0 Å². The van der Waals surface area contributed by atoms with Gasteiger partial charge in [-0.2, -0.15) is 0 Å². The van der Waals surface area contributed by atoms with Crippen LogP contribution in [0.5, 0.6) is 0 Å². The molecule has 0 saturated heterocycles. The Bertz CT molecular complexity index is 1170. The molecule has 2 aromatic carbocycles. The maximum Gasteiger partial charge on any atom is 0.319 e. The summed E-state index contributed by atoms with van der Waals surface area (Å²) in [5, 5.41) is 21.9. The summed E-state index contributed by atoms with van der Waals surface area (Å²) in [5.74, 6) is 0.277. The van der Waals surface area contributed by atoms with Gasteiger partial charge in [0.25, 0.3) is 0 Å². The van der Waals surface area contributed by atoms with Crippen LogP contribution in [0.1, 0.15) is 17.9 Å². The third kappa shape index (κ3) is 6.14. The zero-order chi connectivity index (χ0) is 24.8. The summed E-state index contributed by atoms with van der Waals surface area (Å²) in [4.78, 5) is 24.9. The highest BCUT2D eigenvalue weighted by molar-refractivity contribution is 5.92. The first-order valence-electron chi connectivity index (χ1n) is 11.3. The molecule has 0 bridgehead atoms. The Balaban J connectivity index is 1.30. The minimum atomic E-state index is -0.696. The molecule has 0 radical (unpaired) electrons. The van der Waals surface area contributed by atoms with E-state index >= 15 is 0 Å². The van der Waals surface area contributed by atoms with Gasteiger partial charge >= 0.3 is 6.03 Å². The molecule has 1 aliphatic rings. The molecule has 9 heteroatoms. The first-order chi connectivity index (χ1) is 16.9. The average molecular weight is 477 g/mol. The van der Waals surface area contributed by atoms with Crippen molar-refractivity contribution >= 4 is 23.3 Å². The predicted octanol–water partition coefficient (Wildman–Crippen LogP) is 3.79. The van der Waals surface area contributed by atoms with Crippen molar-refractivity contribution in [3.8, 4) is 11.1 Å². The molecule has 4 rings (SSSR count). The topological polar surface area (TPSA) is 126 Å². The maximum atomic E-state index is 12.5. The SMILES string of the molecule is Cc1noc(C)c1NC(=O)N[C@@H]1C=C[C@H](CC(=O)Nc2ccc(-c3ccccc3)cc2)O[C@H]1CO. The molecule has 0 aliphatic carbocycles. The molecule has 3 atom stereocenters. The van der Waals surface area contributed by atoms with E-state index < -0.39 is 24.3 Å². The van der Waals surface area contributed by atoms with Crippen molar-refractivity contribution in [1.82, 2.24) is 10.5 Å². The molecule has 1 aliphatic heterocycles. The van der Waals surface area contributed by atoms with Crippen LogP contribution < -0.4 is 16.0 Å². The minimum absolute atomic E-state index is 0.0748. The van der Waals surface area contributed by atoms with Crippen LogP contribution in [0, 0.1) is 13.8 Å². The number of rotatable bonds is 7. The van der Waals surface area contributed by atoms with Gasteiger partial charge < -0.3 is 30.3 Å². The van der Waals surface area contributed by atoms with E-state index in [1.54, 1.807) is 26.0 Å². The fourth-order valence-electron chi connectivity index (χ4n) is 3.87. The molecule has 9 nitrogen and oxygen atoms in total. The van der Waals surface area contributed by atoms with Crippen LogP contribution in [0.4, 0.5) is 16.2 Å². The zero-order valence-electron chi connectivity index (χ0n) is 19.5. The summed E-state index contributed by atoms with van der Waals surface area (Å²) >= 11 is 0. The molecule has 3 aromatic rings. The number of aromatic nitrogens is 1. The summed E-state index contributed by atoms with van der Waals surface area (Å²) in [6.07, 6.45) is 2.29. The fourth-order valence-corrected chi connectivity index (χ4v) is 3.87. The number of urea groups is 1. The highest BCUT2D eigenvalue weighted by Crippen LogP contribution is 2.22. The number of nitrogens with one attached hydrogen (secondary N) is 3.